The fourth-order valence-electron chi connectivity index (χ4n) is 1.87. The highest BCUT2D eigenvalue weighted by atomic mass is 32.1. The molecule has 2 rings (SSSR count). The van der Waals surface area contributed by atoms with Crippen LogP contribution in [0.4, 0.5) is 5.13 Å². The largest absolute Gasteiger partial charge is 0.496 e. The molecule has 0 unspecified atom stereocenters. The maximum absolute atomic E-state index is 5.45. The van der Waals surface area contributed by atoms with Gasteiger partial charge in [-0.25, -0.2) is 4.98 Å². The molecular formula is C14H18N2O3S. The first-order valence-electron chi connectivity index (χ1n) is 6.23. The maximum atomic E-state index is 5.45. The summed E-state index contributed by atoms with van der Waals surface area (Å²) in [6.45, 7) is 2.87. The number of benzene rings is 1. The lowest BCUT2D eigenvalue weighted by Gasteiger charge is -2.13. The Kier molecular flexibility index (Phi) is 4.68. The summed E-state index contributed by atoms with van der Waals surface area (Å²) in [6, 6.07) is 3.68. The predicted octanol–water partition coefficient (Wildman–Crippen LogP) is 3.27. The number of nitrogens with one attached hydrogen (secondary N) is 1. The normalized spacial score (nSPS) is 10.2. The number of rotatable bonds is 6. The Hall–Kier alpha value is -1.95. The van der Waals surface area contributed by atoms with Crippen molar-refractivity contribution in [2.45, 2.75) is 6.92 Å². The minimum atomic E-state index is 0.693. The topological polar surface area (TPSA) is 52.6 Å². The highest BCUT2D eigenvalue weighted by Gasteiger charge is 2.17. The van der Waals surface area contributed by atoms with Gasteiger partial charge in [-0.15, -0.1) is 0 Å². The van der Waals surface area contributed by atoms with Crippen LogP contribution >= 0.6 is 11.3 Å². The zero-order chi connectivity index (χ0) is 14.5. The summed E-state index contributed by atoms with van der Waals surface area (Å²) in [5, 5.41) is 4.07. The fourth-order valence-corrected chi connectivity index (χ4v) is 2.81. The lowest BCUT2D eigenvalue weighted by molar-refractivity contribution is 0.377. The van der Waals surface area contributed by atoms with Crippen molar-refractivity contribution in [1.29, 1.82) is 0 Å². The first kappa shape index (κ1) is 14.5. The summed E-state index contributed by atoms with van der Waals surface area (Å²) >= 11 is 1.56. The average Bonchev–Trinajstić information content (AvgIpc) is 2.94. The first-order valence-corrected chi connectivity index (χ1v) is 7.05. The number of ether oxygens (including phenoxy) is 3. The van der Waals surface area contributed by atoms with Gasteiger partial charge in [0, 0.05) is 24.9 Å². The molecule has 0 fully saturated rings. The van der Waals surface area contributed by atoms with Crippen LogP contribution < -0.4 is 19.5 Å². The molecule has 1 heterocycles. The zero-order valence-corrected chi connectivity index (χ0v) is 12.8. The highest BCUT2D eigenvalue weighted by Crippen LogP contribution is 2.44. The van der Waals surface area contributed by atoms with Gasteiger partial charge < -0.3 is 19.5 Å². The van der Waals surface area contributed by atoms with E-state index in [0.717, 1.165) is 22.1 Å². The Morgan fingerprint density at radius 2 is 1.75 bits per heavy atom. The molecule has 1 N–H and O–H groups in total. The standard InChI is InChI=1S/C14H18N2O3S/c1-5-15-14-16-8-12(20-14)13-10(18-3)6-9(17-2)7-11(13)19-4/h6-8H,5H2,1-4H3,(H,15,16). The molecule has 1 aromatic heterocycles. The Morgan fingerprint density at radius 3 is 2.25 bits per heavy atom. The van der Waals surface area contributed by atoms with Gasteiger partial charge >= 0.3 is 0 Å². The minimum Gasteiger partial charge on any atom is -0.496 e. The lowest BCUT2D eigenvalue weighted by Crippen LogP contribution is -1.94. The number of nitrogens with zero attached hydrogens (tertiary/aromatic N) is 1. The van der Waals surface area contributed by atoms with Gasteiger partial charge in [-0.05, 0) is 6.92 Å². The Balaban J connectivity index is 2.52. The van der Waals surface area contributed by atoms with Crippen LogP contribution in [0.3, 0.4) is 0 Å². The second kappa shape index (κ2) is 6.47. The molecule has 0 bridgehead atoms. The van der Waals surface area contributed by atoms with E-state index in [1.165, 1.54) is 0 Å². The summed E-state index contributed by atoms with van der Waals surface area (Å²) in [5.41, 5.74) is 0.887. The van der Waals surface area contributed by atoms with Crippen LogP contribution in [0.2, 0.25) is 0 Å². The number of anilines is 1. The first-order chi connectivity index (χ1) is 9.73. The van der Waals surface area contributed by atoms with Gasteiger partial charge in [0.05, 0.1) is 31.8 Å². The molecule has 0 radical (unpaired) electrons. The zero-order valence-electron chi connectivity index (χ0n) is 12.0. The average molecular weight is 294 g/mol. The van der Waals surface area contributed by atoms with Crippen molar-refractivity contribution in [2.75, 3.05) is 33.2 Å². The van der Waals surface area contributed by atoms with Crippen molar-refractivity contribution >= 4 is 16.5 Å². The molecule has 0 spiro atoms. The van der Waals surface area contributed by atoms with Gasteiger partial charge in [-0.1, -0.05) is 11.3 Å². The number of thiazole rings is 1. The van der Waals surface area contributed by atoms with Crippen LogP contribution in [-0.2, 0) is 0 Å². The second-order valence-corrected chi connectivity index (χ2v) is 5.00. The van der Waals surface area contributed by atoms with Gasteiger partial charge in [0.15, 0.2) is 5.13 Å². The molecule has 0 aliphatic rings. The smallest absolute Gasteiger partial charge is 0.183 e. The second-order valence-electron chi connectivity index (χ2n) is 3.97. The van der Waals surface area contributed by atoms with Gasteiger partial charge in [-0.2, -0.15) is 0 Å². The monoisotopic (exact) mass is 294 g/mol. The van der Waals surface area contributed by atoms with Crippen molar-refractivity contribution < 1.29 is 14.2 Å². The van der Waals surface area contributed by atoms with Crippen LogP contribution in [-0.4, -0.2) is 32.9 Å². The molecule has 0 saturated carbocycles. The van der Waals surface area contributed by atoms with Crippen LogP contribution in [0.1, 0.15) is 6.92 Å². The van der Waals surface area contributed by atoms with E-state index in [4.69, 9.17) is 14.2 Å². The number of aromatic nitrogens is 1. The molecule has 2 aromatic rings. The molecule has 0 aliphatic heterocycles. The molecule has 6 heteroatoms. The van der Waals surface area contributed by atoms with Crippen molar-refractivity contribution in [3.05, 3.63) is 18.3 Å². The highest BCUT2D eigenvalue weighted by molar-refractivity contribution is 7.19. The molecule has 0 saturated heterocycles. The quantitative estimate of drug-likeness (QED) is 0.886. The van der Waals surface area contributed by atoms with E-state index in [1.807, 2.05) is 25.3 Å². The molecule has 0 amide bonds. The Labute approximate surface area is 122 Å². The van der Waals surface area contributed by atoms with Gasteiger partial charge in [0.1, 0.15) is 17.2 Å². The fraction of sp³-hybridized carbons (Fsp3) is 0.357. The van der Waals surface area contributed by atoms with Crippen LogP contribution in [0.15, 0.2) is 18.3 Å². The van der Waals surface area contributed by atoms with E-state index < -0.39 is 0 Å². The lowest BCUT2D eigenvalue weighted by atomic mass is 10.1. The summed E-state index contributed by atoms with van der Waals surface area (Å²) in [4.78, 5) is 5.32. The molecule has 108 valence electrons. The van der Waals surface area contributed by atoms with E-state index in [9.17, 15) is 0 Å². The van der Waals surface area contributed by atoms with Gasteiger partial charge in [0.25, 0.3) is 0 Å². The minimum absolute atomic E-state index is 0.693. The van der Waals surface area contributed by atoms with Gasteiger partial charge in [-0.3, -0.25) is 0 Å². The predicted molar refractivity (Wildman–Crippen MR) is 81.4 cm³/mol. The SMILES string of the molecule is CCNc1ncc(-c2c(OC)cc(OC)cc2OC)s1. The summed E-state index contributed by atoms with van der Waals surface area (Å²) in [7, 11) is 4.87. The third-order valence-corrected chi connectivity index (χ3v) is 3.77. The number of hydrogen-bond donors (Lipinski definition) is 1. The van der Waals surface area contributed by atoms with Crippen molar-refractivity contribution in [2.24, 2.45) is 0 Å². The molecule has 0 aliphatic carbocycles. The van der Waals surface area contributed by atoms with Crippen LogP contribution in [0, 0.1) is 0 Å². The van der Waals surface area contributed by atoms with E-state index in [1.54, 1.807) is 32.7 Å². The van der Waals surface area contributed by atoms with Crippen molar-refractivity contribution in [3.8, 4) is 27.7 Å². The Morgan fingerprint density at radius 1 is 1.10 bits per heavy atom. The van der Waals surface area contributed by atoms with E-state index >= 15 is 0 Å². The van der Waals surface area contributed by atoms with Crippen molar-refractivity contribution in [3.63, 3.8) is 0 Å². The van der Waals surface area contributed by atoms with Crippen molar-refractivity contribution in [1.82, 2.24) is 4.98 Å². The molecule has 1 aromatic carbocycles. The summed E-state index contributed by atoms with van der Waals surface area (Å²) in [6.07, 6.45) is 1.81. The summed E-state index contributed by atoms with van der Waals surface area (Å²) in [5.74, 6) is 2.10. The molecule has 0 atom stereocenters. The van der Waals surface area contributed by atoms with Crippen LogP contribution in [0.5, 0.6) is 17.2 Å². The maximum Gasteiger partial charge on any atom is 0.183 e. The summed E-state index contributed by atoms with van der Waals surface area (Å²) < 4.78 is 16.2. The van der Waals surface area contributed by atoms with Gasteiger partial charge in [0.2, 0.25) is 0 Å². The number of methoxy groups -OCH3 is 3. The van der Waals surface area contributed by atoms with Crippen LogP contribution in [0.25, 0.3) is 10.4 Å². The Bertz CT molecular complexity index is 559. The van der Waals surface area contributed by atoms with E-state index in [-0.39, 0.29) is 0 Å². The molecular weight excluding hydrogens is 276 g/mol. The van der Waals surface area contributed by atoms with E-state index in [0.29, 0.717) is 17.2 Å². The third kappa shape index (κ3) is 2.80. The molecule has 5 nitrogen and oxygen atoms in total. The third-order valence-electron chi connectivity index (χ3n) is 2.80. The molecule has 20 heavy (non-hydrogen) atoms. The van der Waals surface area contributed by atoms with E-state index in [2.05, 4.69) is 10.3 Å². The number of hydrogen-bond acceptors (Lipinski definition) is 6.